The molecule has 1 aromatic rings. The van der Waals surface area contributed by atoms with Gasteiger partial charge in [-0.2, -0.15) is 0 Å². The molecule has 0 spiro atoms. The summed E-state index contributed by atoms with van der Waals surface area (Å²) in [4.78, 5) is 1.67. The van der Waals surface area contributed by atoms with Crippen LogP contribution in [0.3, 0.4) is 0 Å². The molecular weight excluding hydrogens is 176 g/mol. The summed E-state index contributed by atoms with van der Waals surface area (Å²) in [5.41, 5.74) is 0. The lowest BCUT2D eigenvalue weighted by Crippen LogP contribution is -3.14. The zero-order valence-corrected chi connectivity index (χ0v) is 9.25. The van der Waals surface area contributed by atoms with E-state index in [1.807, 2.05) is 12.1 Å². The number of hydrogen-bond acceptors (Lipinski definition) is 1. The topological polar surface area (TPSA) is 34.2 Å². The van der Waals surface area contributed by atoms with Crippen molar-refractivity contribution in [2.75, 3.05) is 26.2 Å². The first-order valence-electron chi connectivity index (χ1n) is 5.54. The number of rotatable bonds is 7. The van der Waals surface area contributed by atoms with Crippen LogP contribution in [0.2, 0.25) is 0 Å². The smallest absolute Gasteiger partial charge is 0.157 e. The van der Waals surface area contributed by atoms with E-state index >= 15 is 0 Å². The fourth-order valence-corrected chi connectivity index (χ4v) is 1.58. The Balaban J connectivity index is 2.04. The van der Waals surface area contributed by atoms with Crippen molar-refractivity contribution < 1.29 is 14.6 Å². The van der Waals surface area contributed by atoms with Gasteiger partial charge in [0.15, 0.2) is 5.76 Å². The molecule has 0 radical (unpaired) electrons. The van der Waals surface area contributed by atoms with Crippen LogP contribution in [0.25, 0.3) is 0 Å². The summed E-state index contributed by atoms with van der Waals surface area (Å²) in [6.45, 7) is 10.3. The molecule has 80 valence electrons. The molecule has 1 rings (SSSR count). The van der Waals surface area contributed by atoms with Crippen LogP contribution in [0.15, 0.2) is 22.8 Å². The van der Waals surface area contributed by atoms with Gasteiger partial charge in [0.2, 0.25) is 0 Å². The van der Waals surface area contributed by atoms with Crippen molar-refractivity contribution in [1.82, 2.24) is 0 Å². The molecule has 0 saturated carbocycles. The van der Waals surface area contributed by atoms with Crippen LogP contribution in [-0.2, 0) is 6.54 Å². The highest BCUT2D eigenvalue weighted by Gasteiger charge is 2.03. The quantitative estimate of drug-likeness (QED) is 0.556. The van der Waals surface area contributed by atoms with E-state index in [1.165, 1.54) is 26.2 Å². The van der Waals surface area contributed by atoms with Gasteiger partial charge in [0.1, 0.15) is 19.6 Å². The maximum absolute atomic E-state index is 5.26. The zero-order valence-electron chi connectivity index (χ0n) is 9.25. The Kier molecular flexibility index (Phi) is 5.33. The van der Waals surface area contributed by atoms with Crippen molar-refractivity contribution in [1.29, 1.82) is 0 Å². The van der Waals surface area contributed by atoms with Gasteiger partial charge in [-0.25, -0.2) is 0 Å². The molecule has 0 aromatic carbocycles. The molecule has 0 atom stereocenters. The summed E-state index contributed by atoms with van der Waals surface area (Å²) in [7, 11) is 0. The lowest BCUT2D eigenvalue weighted by molar-refractivity contribution is -0.910. The zero-order chi connectivity index (χ0) is 10.2. The predicted octanol–water partition coefficient (Wildman–Crippen LogP) is -0.732. The standard InChI is InChI=1S/C11H20N2O/c1-3-13(4-2)8-7-12-10-11-6-5-9-14-11/h5-6,9,12H,3-4,7-8,10H2,1-2H3/p+2. The van der Waals surface area contributed by atoms with Crippen molar-refractivity contribution in [3.05, 3.63) is 24.2 Å². The van der Waals surface area contributed by atoms with Crippen molar-refractivity contribution in [2.45, 2.75) is 20.4 Å². The summed E-state index contributed by atoms with van der Waals surface area (Å²) >= 11 is 0. The monoisotopic (exact) mass is 198 g/mol. The minimum absolute atomic E-state index is 0.966. The van der Waals surface area contributed by atoms with Crippen molar-refractivity contribution in [2.24, 2.45) is 0 Å². The van der Waals surface area contributed by atoms with Crippen molar-refractivity contribution >= 4 is 0 Å². The highest BCUT2D eigenvalue weighted by molar-refractivity contribution is 4.95. The largest absolute Gasteiger partial charge is 0.463 e. The Morgan fingerprint density at radius 2 is 2.14 bits per heavy atom. The lowest BCUT2D eigenvalue weighted by atomic mass is 10.4. The van der Waals surface area contributed by atoms with Gasteiger partial charge < -0.3 is 14.6 Å². The fourth-order valence-electron chi connectivity index (χ4n) is 1.58. The third-order valence-corrected chi connectivity index (χ3v) is 2.63. The summed E-state index contributed by atoms with van der Waals surface area (Å²) in [5.74, 6) is 1.07. The van der Waals surface area contributed by atoms with Crippen molar-refractivity contribution in [3.63, 3.8) is 0 Å². The highest BCUT2D eigenvalue weighted by atomic mass is 16.3. The third kappa shape index (κ3) is 3.94. The summed E-state index contributed by atoms with van der Waals surface area (Å²) in [5, 5.41) is 2.31. The van der Waals surface area contributed by atoms with Gasteiger partial charge in [0.05, 0.1) is 19.4 Å². The molecule has 0 aliphatic carbocycles. The number of likely N-dealkylation sites (N-methyl/N-ethyl adjacent to an activating group) is 1. The van der Waals surface area contributed by atoms with Crippen LogP contribution in [0.5, 0.6) is 0 Å². The van der Waals surface area contributed by atoms with E-state index in [1.54, 1.807) is 11.2 Å². The number of furan rings is 1. The molecule has 1 heterocycles. The molecule has 0 saturated heterocycles. The summed E-state index contributed by atoms with van der Waals surface area (Å²) in [6, 6.07) is 3.97. The third-order valence-electron chi connectivity index (χ3n) is 2.63. The van der Waals surface area contributed by atoms with Gasteiger partial charge in [-0.3, -0.25) is 0 Å². The van der Waals surface area contributed by atoms with E-state index in [2.05, 4.69) is 19.2 Å². The lowest BCUT2D eigenvalue weighted by Gasteiger charge is -2.13. The average Bonchev–Trinajstić information content (AvgIpc) is 2.71. The van der Waals surface area contributed by atoms with E-state index in [0.717, 1.165) is 12.3 Å². The van der Waals surface area contributed by atoms with E-state index in [0.29, 0.717) is 0 Å². The SMILES string of the molecule is CC[NH+](CC)CC[NH2+]Cc1ccco1. The van der Waals surface area contributed by atoms with Gasteiger partial charge in [0, 0.05) is 0 Å². The minimum Gasteiger partial charge on any atom is -0.463 e. The summed E-state index contributed by atoms with van der Waals surface area (Å²) < 4.78 is 5.26. The first-order valence-corrected chi connectivity index (χ1v) is 5.54. The Morgan fingerprint density at radius 3 is 2.71 bits per heavy atom. The van der Waals surface area contributed by atoms with Gasteiger partial charge in [0.25, 0.3) is 0 Å². The molecule has 0 bridgehead atoms. The molecule has 3 N–H and O–H groups in total. The number of nitrogens with two attached hydrogens (primary N) is 1. The average molecular weight is 198 g/mol. The van der Waals surface area contributed by atoms with Crippen LogP contribution in [-0.4, -0.2) is 26.2 Å². The van der Waals surface area contributed by atoms with Gasteiger partial charge in [-0.05, 0) is 26.0 Å². The molecule has 14 heavy (non-hydrogen) atoms. The molecule has 0 aliphatic rings. The van der Waals surface area contributed by atoms with E-state index in [-0.39, 0.29) is 0 Å². The van der Waals surface area contributed by atoms with Crippen LogP contribution >= 0.6 is 0 Å². The molecule has 0 fully saturated rings. The van der Waals surface area contributed by atoms with E-state index < -0.39 is 0 Å². The number of nitrogens with one attached hydrogen (secondary N) is 1. The minimum atomic E-state index is 0.966. The van der Waals surface area contributed by atoms with Crippen LogP contribution < -0.4 is 10.2 Å². The maximum Gasteiger partial charge on any atom is 0.157 e. The first-order chi connectivity index (χ1) is 6.86. The Morgan fingerprint density at radius 1 is 1.36 bits per heavy atom. The van der Waals surface area contributed by atoms with Gasteiger partial charge in [-0.1, -0.05) is 0 Å². The van der Waals surface area contributed by atoms with Crippen LogP contribution in [0, 0.1) is 0 Å². The normalized spacial score (nSPS) is 11.1. The number of quaternary nitrogens is 2. The van der Waals surface area contributed by atoms with Crippen molar-refractivity contribution in [3.8, 4) is 0 Å². The molecule has 3 heteroatoms. The molecule has 3 nitrogen and oxygen atoms in total. The van der Waals surface area contributed by atoms with E-state index in [9.17, 15) is 0 Å². The Labute approximate surface area is 86.1 Å². The Bertz CT molecular complexity index is 217. The second-order valence-corrected chi connectivity index (χ2v) is 3.57. The highest BCUT2D eigenvalue weighted by Crippen LogP contribution is 1.95. The number of hydrogen-bond donors (Lipinski definition) is 2. The molecule has 0 aliphatic heterocycles. The molecular formula is C11H22N2O+2. The maximum atomic E-state index is 5.26. The van der Waals surface area contributed by atoms with E-state index in [4.69, 9.17) is 4.42 Å². The predicted molar refractivity (Wildman–Crippen MR) is 56.1 cm³/mol. The second kappa shape index (κ2) is 6.62. The van der Waals surface area contributed by atoms with Crippen LogP contribution in [0.1, 0.15) is 19.6 Å². The van der Waals surface area contributed by atoms with Gasteiger partial charge in [-0.15, -0.1) is 0 Å². The fraction of sp³-hybridized carbons (Fsp3) is 0.636. The first kappa shape index (κ1) is 11.3. The van der Waals surface area contributed by atoms with Crippen LogP contribution in [0.4, 0.5) is 0 Å². The molecule has 1 aromatic heterocycles. The Hall–Kier alpha value is -0.800. The summed E-state index contributed by atoms with van der Waals surface area (Å²) in [6.07, 6.45) is 1.73. The molecule has 0 amide bonds. The van der Waals surface area contributed by atoms with Gasteiger partial charge >= 0.3 is 0 Å². The second-order valence-electron chi connectivity index (χ2n) is 3.57. The molecule has 0 unspecified atom stereocenters.